The van der Waals surface area contributed by atoms with Crippen molar-refractivity contribution in [2.24, 2.45) is 0 Å². The second-order valence-corrected chi connectivity index (χ2v) is 11.4. The molecule has 0 radical (unpaired) electrons. The number of aromatic nitrogens is 3. The van der Waals surface area contributed by atoms with Crippen molar-refractivity contribution in [1.82, 2.24) is 14.8 Å². The summed E-state index contributed by atoms with van der Waals surface area (Å²) in [5.41, 5.74) is 2.49. The van der Waals surface area contributed by atoms with E-state index in [2.05, 4.69) is 10.1 Å². The number of para-hydroxylation sites is 1. The van der Waals surface area contributed by atoms with E-state index in [0.717, 1.165) is 28.2 Å². The number of aryl methyl sites for hydroxylation is 2. The van der Waals surface area contributed by atoms with Gasteiger partial charge < -0.3 is 4.74 Å². The van der Waals surface area contributed by atoms with Gasteiger partial charge in [-0.05, 0) is 63.2 Å². The quantitative estimate of drug-likeness (QED) is 0.279. The first-order valence-electron chi connectivity index (χ1n) is 11.5. The Morgan fingerprint density at radius 3 is 2.58 bits per heavy atom. The van der Waals surface area contributed by atoms with Crippen LogP contribution in [0.1, 0.15) is 24.7 Å². The fourth-order valence-corrected chi connectivity index (χ4v) is 6.09. The third-order valence-electron chi connectivity index (χ3n) is 5.60. The summed E-state index contributed by atoms with van der Waals surface area (Å²) in [7, 11) is -3.77. The number of hydrogen-bond donors (Lipinski definition) is 0. The molecule has 0 aliphatic heterocycles. The number of sulfone groups is 1. The molecule has 2 heterocycles. The van der Waals surface area contributed by atoms with Crippen molar-refractivity contribution in [1.29, 1.82) is 0 Å². The molecule has 0 saturated carbocycles. The van der Waals surface area contributed by atoms with E-state index in [0.29, 0.717) is 29.5 Å². The highest BCUT2D eigenvalue weighted by Gasteiger charge is 2.24. The van der Waals surface area contributed by atoms with Crippen LogP contribution in [-0.2, 0) is 21.2 Å². The lowest BCUT2D eigenvalue weighted by molar-refractivity contribution is -0.118. The van der Waals surface area contributed by atoms with Gasteiger partial charge in [-0.1, -0.05) is 17.4 Å². The molecule has 4 rings (SSSR count). The van der Waals surface area contributed by atoms with Crippen LogP contribution in [0.5, 0.6) is 5.75 Å². The minimum atomic E-state index is -3.77. The molecule has 36 heavy (non-hydrogen) atoms. The predicted octanol–water partition coefficient (Wildman–Crippen LogP) is 4.54. The molecule has 0 fully saturated rings. The smallest absolute Gasteiger partial charge is 0.229 e. The minimum absolute atomic E-state index is 0.0211. The summed E-state index contributed by atoms with van der Waals surface area (Å²) in [4.78, 5) is 19.6. The molecule has 0 spiro atoms. The van der Waals surface area contributed by atoms with Gasteiger partial charge >= 0.3 is 0 Å². The summed E-state index contributed by atoms with van der Waals surface area (Å²) in [6.45, 7) is 6.89. The lowest BCUT2D eigenvalue weighted by Crippen LogP contribution is -2.35. The van der Waals surface area contributed by atoms with Crippen molar-refractivity contribution in [2.75, 3.05) is 23.8 Å². The Morgan fingerprint density at radius 2 is 1.92 bits per heavy atom. The highest BCUT2D eigenvalue weighted by atomic mass is 32.2. The third kappa shape index (κ3) is 5.73. The molecule has 0 saturated heterocycles. The van der Waals surface area contributed by atoms with E-state index in [1.165, 1.54) is 28.4 Å². The lowest BCUT2D eigenvalue weighted by Gasteiger charge is -2.20. The summed E-state index contributed by atoms with van der Waals surface area (Å²) in [5, 5.41) is 4.92. The number of benzene rings is 2. The second-order valence-electron chi connectivity index (χ2n) is 8.25. The Kier molecular flexibility index (Phi) is 7.70. The number of ether oxygens (including phenoxy) is 1. The first-order valence-corrected chi connectivity index (χ1v) is 14.0. The maximum atomic E-state index is 13.4. The molecule has 0 N–H and O–H groups in total. The number of anilines is 1. The number of carbonyl (C=O) groups is 1. The molecule has 1 amide bonds. The zero-order valence-corrected chi connectivity index (χ0v) is 21.9. The van der Waals surface area contributed by atoms with Crippen LogP contribution in [0.2, 0.25) is 0 Å². The maximum Gasteiger partial charge on any atom is 0.229 e. The van der Waals surface area contributed by atoms with Crippen LogP contribution < -0.4 is 9.64 Å². The molecular weight excluding hydrogens is 503 g/mol. The predicted molar refractivity (Wildman–Crippen MR) is 138 cm³/mol. The Balaban J connectivity index is 1.60. The van der Waals surface area contributed by atoms with Crippen molar-refractivity contribution < 1.29 is 22.3 Å². The van der Waals surface area contributed by atoms with Gasteiger partial charge in [0.05, 0.1) is 34.2 Å². The van der Waals surface area contributed by atoms with Crippen LogP contribution >= 0.6 is 11.3 Å². The molecule has 0 unspecified atom stereocenters. The van der Waals surface area contributed by atoms with Crippen LogP contribution in [0.3, 0.4) is 0 Å². The van der Waals surface area contributed by atoms with E-state index in [9.17, 15) is 17.6 Å². The van der Waals surface area contributed by atoms with E-state index in [1.807, 2.05) is 49.7 Å². The maximum absolute atomic E-state index is 13.4. The molecule has 0 bridgehead atoms. The van der Waals surface area contributed by atoms with Gasteiger partial charge in [0, 0.05) is 18.7 Å². The number of halogens is 1. The molecule has 4 aromatic rings. The van der Waals surface area contributed by atoms with Crippen LogP contribution in [0.25, 0.3) is 10.2 Å². The van der Waals surface area contributed by atoms with Gasteiger partial charge in [-0.2, -0.15) is 5.10 Å². The molecule has 2 aromatic heterocycles. The molecule has 8 nitrogen and oxygen atoms in total. The van der Waals surface area contributed by atoms with Crippen LogP contribution in [0.15, 0.2) is 53.4 Å². The topological polar surface area (TPSA) is 94.4 Å². The summed E-state index contributed by atoms with van der Waals surface area (Å²) in [6, 6.07) is 12.1. The second kappa shape index (κ2) is 10.8. The van der Waals surface area contributed by atoms with E-state index in [4.69, 9.17) is 4.74 Å². The third-order valence-corrected chi connectivity index (χ3v) is 8.37. The average molecular weight is 531 g/mol. The lowest BCUT2D eigenvalue weighted by atomic mass is 10.3. The van der Waals surface area contributed by atoms with Crippen LogP contribution in [0, 0.1) is 19.7 Å². The minimum Gasteiger partial charge on any atom is -0.492 e. The molecule has 0 aliphatic rings. The number of thiazole rings is 1. The fourth-order valence-electron chi connectivity index (χ4n) is 3.84. The number of hydrogen-bond acceptors (Lipinski definition) is 7. The Bertz CT molecular complexity index is 1480. The van der Waals surface area contributed by atoms with Crippen molar-refractivity contribution >= 4 is 42.4 Å². The number of rotatable bonds is 10. The van der Waals surface area contributed by atoms with Gasteiger partial charge in [-0.25, -0.2) is 17.8 Å². The first kappa shape index (κ1) is 25.8. The monoisotopic (exact) mass is 530 g/mol. The molecule has 0 atom stereocenters. The van der Waals surface area contributed by atoms with E-state index in [-0.39, 0.29) is 23.8 Å². The SMILES string of the molecule is CCOc1cccc2sc(N(CCn3nc(C)cc3C)C(=O)CCS(=O)(=O)c3ccc(F)cc3)nc12. The van der Waals surface area contributed by atoms with Crippen molar-refractivity contribution in [3.63, 3.8) is 0 Å². The molecule has 11 heteroatoms. The van der Waals surface area contributed by atoms with Crippen LogP contribution in [-0.4, -0.2) is 48.0 Å². The average Bonchev–Trinajstić information content (AvgIpc) is 3.41. The number of nitrogens with zero attached hydrogens (tertiary/aromatic N) is 4. The van der Waals surface area contributed by atoms with Crippen LogP contribution in [0.4, 0.5) is 9.52 Å². The molecule has 0 aliphatic carbocycles. The largest absolute Gasteiger partial charge is 0.492 e. The Morgan fingerprint density at radius 1 is 1.17 bits per heavy atom. The Hall–Kier alpha value is -3.31. The highest BCUT2D eigenvalue weighted by molar-refractivity contribution is 7.91. The number of amides is 1. The first-order chi connectivity index (χ1) is 17.2. The zero-order chi connectivity index (χ0) is 25.9. The van der Waals surface area contributed by atoms with Gasteiger partial charge in [0.25, 0.3) is 0 Å². The summed E-state index contributed by atoms with van der Waals surface area (Å²) < 4.78 is 47.1. The zero-order valence-electron chi connectivity index (χ0n) is 20.3. The fraction of sp³-hybridized carbons (Fsp3) is 0.320. The van der Waals surface area contributed by atoms with E-state index in [1.54, 1.807) is 0 Å². The van der Waals surface area contributed by atoms with Gasteiger partial charge in [0.1, 0.15) is 17.1 Å². The molecular formula is C25H27FN4O4S2. The van der Waals surface area contributed by atoms with Gasteiger partial charge in [-0.15, -0.1) is 0 Å². The standard InChI is InChI=1S/C25H27FN4O4S2/c1-4-34-21-6-5-7-22-24(21)27-25(35-22)29(13-14-30-18(3)16-17(2)28-30)23(31)12-15-36(32,33)20-10-8-19(26)9-11-20/h5-11,16H,4,12-15H2,1-3H3. The van der Waals surface area contributed by atoms with Crippen molar-refractivity contribution in [2.45, 2.75) is 38.6 Å². The highest BCUT2D eigenvalue weighted by Crippen LogP contribution is 2.34. The number of fused-ring (bicyclic) bond motifs is 1. The summed E-state index contributed by atoms with van der Waals surface area (Å²) in [6.07, 6.45) is -0.245. The van der Waals surface area contributed by atoms with E-state index < -0.39 is 21.4 Å². The van der Waals surface area contributed by atoms with E-state index >= 15 is 0 Å². The van der Waals surface area contributed by atoms with Crippen molar-refractivity contribution in [3.05, 3.63) is 65.7 Å². The van der Waals surface area contributed by atoms with Gasteiger partial charge in [-0.3, -0.25) is 14.4 Å². The summed E-state index contributed by atoms with van der Waals surface area (Å²) in [5.74, 6) is -0.674. The molecule has 2 aromatic carbocycles. The normalized spacial score (nSPS) is 11.7. The van der Waals surface area contributed by atoms with Gasteiger partial charge in [0.2, 0.25) is 5.91 Å². The van der Waals surface area contributed by atoms with Gasteiger partial charge in [0.15, 0.2) is 15.0 Å². The number of carbonyl (C=O) groups excluding carboxylic acids is 1. The summed E-state index contributed by atoms with van der Waals surface area (Å²) >= 11 is 1.34. The van der Waals surface area contributed by atoms with Crippen molar-refractivity contribution in [3.8, 4) is 5.75 Å². The Labute approximate surface area is 213 Å². The molecule has 190 valence electrons.